The summed E-state index contributed by atoms with van der Waals surface area (Å²) < 4.78 is 37.2. The summed E-state index contributed by atoms with van der Waals surface area (Å²) in [5, 5.41) is 3.08. The van der Waals surface area contributed by atoms with Crippen molar-refractivity contribution in [3.05, 3.63) is 29.8 Å². The van der Waals surface area contributed by atoms with Gasteiger partial charge in [0.2, 0.25) is 0 Å². The molecule has 0 spiro atoms. The van der Waals surface area contributed by atoms with Gasteiger partial charge < -0.3 is 10.2 Å². The Balaban J connectivity index is 2.67. The summed E-state index contributed by atoms with van der Waals surface area (Å²) in [4.78, 5) is 1.96. The molecule has 1 N–H and O–H groups in total. The number of nitrogens with zero attached hydrogens (tertiary/aromatic N) is 1. The predicted octanol–water partition coefficient (Wildman–Crippen LogP) is 3.00. The minimum atomic E-state index is -4.27. The molecule has 1 rings (SSSR count). The van der Waals surface area contributed by atoms with Gasteiger partial charge in [-0.1, -0.05) is 6.92 Å². The molecule has 0 heterocycles. The fraction of sp³-hybridized carbons (Fsp3) is 0.538. The van der Waals surface area contributed by atoms with Gasteiger partial charge >= 0.3 is 6.18 Å². The summed E-state index contributed by atoms with van der Waals surface area (Å²) >= 11 is 0. The van der Waals surface area contributed by atoms with Gasteiger partial charge in [-0.2, -0.15) is 13.2 Å². The number of hydrogen-bond donors (Lipinski definition) is 1. The highest BCUT2D eigenvalue weighted by Crippen LogP contribution is 2.30. The fourth-order valence-electron chi connectivity index (χ4n) is 1.89. The van der Waals surface area contributed by atoms with Crippen molar-refractivity contribution >= 4 is 5.69 Å². The third-order valence-electron chi connectivity index (χ3n) is 2.77. The fourth-order valence-corrected chi connectivity index (χ4v) is 1.89. The van der Waals surface area contributed by atoms with E-state index in [-0.39, 0.29) is 0 Å². The Morgan fingerprint density at radius 2 is 1.78 bits per heavy atom. The first-order valence-electron chi connectivity index (χ1n) is 5.87. The molecular formula is C13H19F3N2. The van der Waals surface area contributed by atoms with E-state index in [0.717, 1.165) is 30.9 Å². The average molecular weight is 260 g/mol. The van der Waals surface area contributed by atoms with Crippen LogP contribution in [-0.4, -0.2) is 27.2 Å². The molecule has 5 heteroatoms. The second-order valence-electron chi connectivity index (χ2n) is 4.59. The molecule has 102 valence electrons. The number of hydrogen-bond acceptors (Lipinski definition) is 2. The standard InChI is InChI=1S/C13H19F3N2/c1-10(8-17-2)9-18(3)12-6-4-11(5-7-12)13(14,15)16/h4-7,10,17H,8-9H2,1-3H3. The lowest BCUT2D eigenvalue weighted by atomic mass is 10.1. The molecule has 0 aromatic heterocycles. The van der Waals surface area contributed by atoms with Crippen LogP contribution in [0, 0.1) is 5.92 Å². The van der Waals surface area contributed by atoms with E-state index in [1.807, 2.05) is 19.0 Å². The van der Waals surface area contributed by atoms with Crippen LogP contribution in [0.15, 0.2) is 24.3 Å². The number of alkyl halides is 3. The molecule has 0 saturated carbocycles. The number of halogens is 3. The van der Waals surface area contributed by atoms with Gasteiger partial charge in [-0.25, -0.2) is 0 Å². The highest BCUT2D eigenvalue weighted by molar-refractivity contribution is 5.47. The molecular weight excluding hydrogens is 241 g/mol. The largest absolute Gasteiger partial charge is 0.416 e. The van der Waals surface area contributed by atoms with E-state index >= 15 is 0 Å². The average Bonchev–Trinajstić information content (AvgIpc) is 2.28. The third-order valence-corrected chi connectivity index (χ3v) is 2.77. The van der Waals surface area contributed by atoms with E-state index in [9.17, 15) is 13.2 Å². The van der Waals surface area contributed by atoms with Crippen molar-refractivity contribution in [2.45, 2.75) is 13.1 Å². The Bertz CT molecular complexity index is 359. The molecule has 0 aliphatic carbocycles. The summed E-state index contributed by atoms with van der Waals surface area (Å²) in [5.74, 6) is 0.433. The van der Waals surface area contributed by atoms with E-state index in [1.54, 1.807) is 0 Å². The van der Waals surface area contributed by atoms with Gasteiger partial charge in [0, 0.05) is 19.3 Å². The van der Waals surface area contributed by atoms with Crippen molar-refractivity contribution < 1.29 is 13.2 Å². The van der Waals surface area contributed by atoms with Crippen molar-refractivity contribution in [2.24, 2.45) is 5.92 Å². The maximum atomic E-state index is 12.4. The summed E-state index contributed by atoms with van der Waals surface area (Å²) in [6.45, 7) is 3.77. The third kappa shape index (κ3) is 4.22. The minimum absolute atomic E-state index is 0.433. The first-order valence-corrected chi connectivity index (χ1v) is 5.87. The second kappa shape index (κ2) is 6.09. The van der Waals surface area contributed by atoms with Gasteiger partial charge in [-0.15, -0.1) is 0 Å². The lowest BCUT2D eigenvalue weighted by molar-refractivity contribution is -0.137. The number of rotatable bonds is 5. The van der Waals surface area contributed by atoms with Gasteiger partial charge in [0.25, 0.3) is 0 Å². The Morgan fingerprint density at radius 3 is 2.22 bits per heavy atom. The summed E-state index contributed by atoms with van der Waals surface area (Å²) in [7, 11) is 3.77. The van der Waals surface area contributed by atoms with E-state index < -0.39 is 11.7 Å². The Labute approximate surface area is 106 Å². The van der Waals surface area contributed by atoms with Crippen LogP contribution >= 0.6 is 0 Å². The highest BCUT2D eigenvalue weighted by Gasteiger charge is 2.30. The molecule has 18 heavy (non-hydrogen) atoms. The molecule has 0 saturated heterocycles. The van der Waals surface area contributed by atoms with Crippen molar-refractivity contribution in [3.8, 4) is 0 Å². The number of anilines is 1. The van der Waals surface area contributed by atoms with E-state index in [1.165, 1.54) is 12.1 Å². The van der Waals surface area contributed by atoms with Gasteiger partial charge in [0.1, 0.15) is 0 Å². The van der Waals surface area contributed by atoms with Gasteiger partial charge in [0.05, 0.1) is 5.56 Å². The van der Waals surface area contributed by atoms with Crippen LogP contribution in [0.25, 0.3) is 0 Å². The Morgan fingerprint density at radius 1 is 1.22 bits per heavy atom. The molecule has 1 aromatic rings. The molecule has 1 atom stereocenters. The van der Waals surface area contributed by atoms with Crippen LogP contribution in [0.2, 0.25) is 0 Å². The van der Waals surface area contributed by atoms with E-state index in [4.69, 9.17) is 0 Å². The molecule has 0 bridgehead atoms. The molecule has 0 fully saturated rings. The van der Waals surface area contributed by atoms with Crippen LogP contribution in [0.1, 0.15) is 12.5 Å². The van der Waals surface area contributed by atoms with Crippen molar-refractivity contribution in [2.75, 3.05) is 32.1 Å². The molecule has 0 amide bonds. The molecule has 0 aliphatic heterocycles. The smallest absolute Gasteiger partial charge is 0.374 e. The molecule has 0 radical (unpaired) electrons. The molecule has 1 unspecified atom stereocenters. The lowest BCUT2D eigenvalue weighted by Crippen LogP contribution is -2.29. The van der Waals surface area contributed by atoms with Gasteiger partial charge in [-0.3, -0.25) is 0 Å². The van der Waals surface area contributed by atoms with Gasteiger partial charge in [-0.05, 0) is 43.8 Å². The zero-order valence-electron chi connectivity index (χ0n) is 10.9. The predicted molar refractivity (Wildman–Crippen MR) is 67.8 cm³/mol. The normalized spacial score (nSPS) is 13.4. The molecule has 1 aromatic carbocycles. The Hall–Kier alpha value is -1.23. The maximum absolute atomic E-state index is 12.4. The SMILES string of the molecule is CNCC(C)CN(C)c1ccc(C(F)(F)F)cc1. The van der Waals surface area contributed by atoms with Crippen molar-refractivity contribution in [1.29, 1.82) is 0 Å². The number of nitrogens with one attached hydrogen (secondary N) is 1. The zero-order valence-corrected chi connectivity index (χ0v) is 10.9. The van der Waals surface area contributed by atoms with Crippen molar-refractivity contribution in [1.82, 2.24) is 5.32 Å². The first-order chi connectivity index (χ1) is 8.34. The minimum Gasteiger partial charge on any atom is -0.374 e. The highest BCUT2D eigenvalue weighted by atomic mass is 19.4. The lowest BCUT2D eigenvalue weighted by Gasteiger charge is -2.23. The summed E-state index contributed by atoms with van der Waals surface area (Å²) in [6.07, 6.45) is -4.27. The first kappa shape index (κ1) is 14.8. The van der Waals surface area contributed by atoms with E-state index in [0.29, 0.717) is 5.92 Å². The van der Waals surface area contributed by atoms with Crippen molar-refractivity contribution in [3.63, 3.8) is 0 Å². The van der Waals surface area contributed by atoms with Crippen LogP contribution in [0.5, 0.6) is 0 Å². The van der Waals surface area contributed by atoms with Crippen LogP contribution < -0.4 is 10.2 Å². The summed E-state index contributed by atoms with van der Waals surface area (Å²) in [6, 6.07) is 5.26. The maximum Gasteiger partial charge on any atom is 0.416 e. The van der Waals surface area contributed by atoms with Crippen LogP contribution in [0.4, 0.5) is 18.9 Å². The molecule has 2 nitrogen and oxygen atoms in total. The summed E-state index contributed by atoms with van der Waals surface area (Å²) in [5.41, 5.74) is 0.189. The van der Waals surface area contributed by atoms with E-state index in [2.05, 4.69) is 12.2 Å². The topological polar surface area (TPSA) is 15.3 Å². The second-order valence-corrected chi connectivity index (χ2v) is 4.59. The number of benzene rings is 1. The quantitative estimate of drug-likeness (QED) is 0.875. The van der Waals surface area contributed by atoms with Crippen LogP contribution in [-0.2, 0) is 6.18 Å². The van der Waals surface area contributed by atoms with Gasteiger partial charge in [0.15, 0.2) is 0 Å². The Kier molecular flexibility index (Phi) is 5.02. The van der Waals surface area contributed by atoms with Crippen LogP contribution in [0.3, 0.4) is 0 Å². The monoisotopic (exact) mass is 260 g/mol. The molecule has 0 aliphatic rings. The zero-order chi connectivity index (χ0) is 13.8.